The molecular weight excluding hydrogens is 212 g/mol. The summed E-state index contributed by atoms with van der Waals surface area (Å²) in [4.78, 5) is 10.8. The molecule has 0 spiro atoms. The fourth-order valence-electron chi connectivity index (χ4n) is 2.54. The van der Waals surface area contributed by atoms with Gasteiger partial charge in [-0.25, -0.2) is 4.98 Å². The average Bonchev–Trinajstić information content (AvgIpc) is 2.52. The van der Waals surface area contributed by atoms with E-state index in [0.29, 0.717) is 5.95 Å². The Balaban J connectivity index is 2.11. The van der Waals surface area contributed by atoms with Crippen molar-refractivity contribution in [2.75, 3.05) is 23.7 Å². The molecule has 0 saturated carbocycles. The summed E-state index contributed by atoms with van der Waals surface area (Å²) in [5, 5.41) is 0. The lowest BCUT2D eigenvalue weighted by Gasteiger charge is -2.22. The number of nitrogens with two attached hydrogens (primary N) is 1. The number of rotatable bonds is 2. The largest absolute Gasteiger partial charge is 0.368 e. The van der Waals surface area contributed by atoms with Crippen LogP contribution in [0.3, 0.4) is 0 Å². The van der Waals surface area contributed by atoms with Gasteiger partial charge in [0.2, 0.25) is 5.95 Å². The highest BCUT2D eigenvalue weighted by molar-refractivity contribution is 5.43. The molecule has 2 rings (SSSR count). The quantitative estimate of drug-likeness (QED) is 0.853. The van der Waals surface area contributed by atoms with Crippen LogP contribution in [-0.4, -0.2) is 23.1 Å². The summed E-state index contributed by atoms with van der Waals surface area (Å²) in [6, 6.07) is 2.03. The second kappa shape index (κ2) is 5.34. The van der Waals surface area contributed by atoms with Gasteiger partial charge in [0.25, 0.3) is 0 Å². The third-order valence-electron chi connectivity index (χ3n) is 3.61. The molecule has 1 unspecified atom stereocenters. The van der Waals surface area contributed by atoms with E-state index in [1.165, 1.54) is 25.7 Å². The van der Waals surface area contributed by atoms with Crippen LogP contribution in [0.25, 0.3) is 0 Å². The van der Waals surface area contributed by atoms with Gasteiger partial charge in [0, 0.05) is 24.8 Å². The molecule has 2 N–H and O–H groups in total. The van der Waals surface area contributed by atoms with Crippen molar-refractivity contribution in [2.45, 2.75) is 39.5 Å². The van der Waals surface area contributed by atoms with Gasteiger partial charge in [-0.2, -0.15) is 4.98 Å². The maximum Gasteiger partial charge on any atom is 0.222 e. The SMILES string of the molecule is CCC1CCCN(c2cc(C)nc(N)n2)CC1. The molecule has 0 aromatic carbocycles. The molecule has 1 aromatic rings. The van der Waals surface area contributed by atoms with Gasteiger partial charge in [0.1, 0.15) is 5.82 Å². The fraction of sp³-hybridized carbons (Fsp3) is 0.692. The Labute approximate surface area is 103 Å². The molecule has 1 fully saturated rings. The number of anilines is 2. The number of aromatic nitrogens is 2. The van der Waals surface area contributed by atoms with Gasteiger partial charge in [-0.3, -0.25) is 0 Å². The van der Waals surface area contributed by atoms with E-state index in [4.69, 9.17) is 5.73 Å². The van der Waals surface area contributed by atoms with Gasteiger partial charge in [0.15, 0.2) is 0 Å². The van der Waals surface area contributed by atoms with Crippen molar-refractivity contribution in [1.29, 1.82) is 0 Å². The Morgan fingerprint density at radius 3 is 2.88 bits per heavy atom. The van der Waals surface area contributed by atoms with Crippen LogP contribution in [0.1, 0.15) is 38.3 Å². The van der Waals surface area contributed by atoms with E-state index in [2.05, 4.69) is 21.8 Å². The zero-order valence-electron chi connectivity index (χ0n) is 10.8. The second-order valence-electron chi connectivity index (χ2n) is 4.92. The first-order chi connectivity index (χ1) is 8.19. The van der Waals surface area contributed by atoms with Crippen molar-refractivity contribution in [2.24, 2.45) is 5.92 Å². The first-order valence-electron chi connectivity index (χ1n) is 6.55. The molecule has 2 heterocycles. The Kier molecular flexibility index (Phi) is 3.82. The summed E-state index contributed by atoms with van der Waals surface area (Å²) in [7, 11) is 0. The molecule has 1 atom stereocenters. The third kappa shape index (κ3) is 3.08. The Morgan fingerprint density at radius 2 is 2.18 bits per heavy atom. The predicted octanol–water partition coefficient (Wildman–Crippen LogP) is 2.38. The lowest BCUT2D eigenvalue weighted by Crippen LogP contribution is -2.25. The maximum absolute atomic E-state index is 5.71. The molecule has 4 heteroatoms. The van der Waals surface area contributed by atoms with Crippen LogP contribution in [0.5, 0.6) is 0 Å². The van der Waals surface area contributed by atoms with Crippen LogP contribution in [0.4, 0.5) is 11.8 Å². The molecule has 4 nitrogen and oxygen atoms in total. The zero-order chi connectivity index (χ0) is 12.3. The van der Waals surface area contributed by atoms with Crippen molar-refractivity contribution < 1.29 is 0 Å². The van der Waals surface area contributed by atoms with E-state index < -0.39 is 0 Å². The third-order valence-corrected chi connectivity index (χ3v) is 3.61. The highest BCUT2D eigenvalue weighted by atomic mass is 15.2. The average molecular weight is 234 g/mol. The van der Waals surface area contributed by atoms with Crippen molar-refractivity contribution >= 4 is 11.8 Å². The number of hydrogen-bond acceptors (Lipinski definition) is 4. The topological polar surface area (TPSA) is 55.0 Å². The molecule has 0 aliphatic carbocycles. The first kappa shape index (κ1) is 12.1. The minimum Gasteiger partial charge on any atom is -0.368 e. The van der Waals surface area contributed by atoms with Crippen LogP contribution < -0.4 is 10.6 Å². The van der Waals surface area contributed by atoms with Crippen LogP contribution in [0, 0.1) is 12.8 Å². The molecule has 1 aliphatic heterocycles. The van der Waals surface area contributed by atoms with E-state index in [1.54, 1.807) is 0 Å². The van der Waals surface area contributed by atoms with Crippen molar-refractivity contribution in [3.8, 4) is 0 Å². The standard InChI is InChI=1S/C13H22N4/c1-3-11-5-4-7-17(8-6-11)12-9-10(2)15-13(14)16-12/h9,11H,3-8H2,1-2H3,(H2,14,15,16). The van der Waals surface area contributed by atoms with Gasteiger partial charge >= 0.3 is 0 Å². The van der Waals surface area contributed by atoms with E-state index in [9.17, 15) is 0 Å². The lowest BCUT2D eigenvalue weighted by atomic mass is 9.98. The zero-order valence-corrected chi connectivity index (χ0v) is 10.8. The first-order valence-corrected chi connectivity index (χ1v) is 6.55. The van der Waals surface area contributed by atoms with E-state index in [1.807, 2.05) is 13.0 Å². The fourth-order valence-corrected chi connectivity index (χ4v) is 2.54. The van der Waals surface area contributed by atoms with E-state index >= 15 is 0 Å². The molecule has 0 bridgehead atoms. The summed E-state index contributed by atoms with van der Waals surface area (Å²) >= 11 is 0. The second-order valence-corrected chi connectivity index (χ2v) is 4.92. The minimum absolute atomic E-state index is 0.385. The monoisotopic (exact) mass is 234 g/mol. The maximum atomic E-state index is 5.71. The van der Waals surface area contributed by atoms with Crippen LogP contribution >= 0.6 is 0 Å². The Bertz CT molecular complexity index is 357. The summed E-state index contributed by atoms with van der Waals surface area (Å²) in [5.41, 5.74) is 6.66. The summed E-state index contributed by atoms with van der Waals surface area (Å²) in [6.45, 7) is 6.43. The van der Waals surface area contributed by atoms with E-state index in [-0.39, 0.29) is 0 Å². The highest BCUT2D eigenvalue weighted by Crippen LogP contribution is 2.23. The van der Waals surface area contributed by atoms with E-state index in [0.717, 1.165) is 30.5 Å². The van der Waals surface area contributed by atoms with Gasteiger partial charge in [-0.05, 0) is 32.1 Å². The Morgan fingerprint density at radius 1 is 1.35 bits per heavy atom. The molecule has 1 saturated heterocycles. The van der Waals surface area contributed by atoms with Gasteiger partial charge < -0.3 is 10.6 Å². The van der Waals surface area contributed by atoms with Crippen molar-refractivity contribution in [3.63, 3.8) is 0 Å². The summed E-state index contributed by atoms with van der Waals surface area (Å²) in [5.74, 6) is 2.25. The number of nitrogen functional groups attached to an aromatic ring is 1. The van der Waals surface area contributed by atoms with Crippen LogP contribution in [0.2, 0.25) is 0 Å². The summed E-state index contributed by atoms with van der Waals surface area (Å²) in [6.07, 6.45) is 5.15. The minimum atomic E-state index is 0.385. The number of nitrogens with zero attached hydrogens (tertiary/aromatic N) is 3. The molecule has 17 heavy (non-hydrogen) atoms. The molecule has 1 aliphatic rings. The van der Waals surface area contributed by atoms with Gasteiger partial charge in [-0.1, -0.05) is 13.3 Å². The summed E-state index contributed by atoms with van der Waals surface area (Å²) < 4.78 is 0. The normalized spacial score (nSPS) is 21.3. The van der Waals surface area contributed by atoms with Gasteiger partial charge in [-0.15, -0.1) is 0 Å². The molecule has 1 aromatic heterocycles. The molecule has 94 valence electrons. The molecule has 0 radical (unpaired) electrons. The van der Waals surface area contributed by atoms with Crippen molar-refractivity contribution in [3.05, 3.63) is 11.8 Å². The molecular formula is C13H22N4. The number of hydrogen-bond donors (Lipinski definition) is 1. The lowest BCUT2D eigenvalue weighted by molar-refractivity contribution is 0.459. The Hall–Kier alpha value is -1.32. The predicted molar refractivity (Wildman–Crippen MR) is 71.0 cm³/mol. The van der Waals surface area contributed by atoms with Crippen LogP contribution in [0.15, 0.2) is 6.07 Å². The smallest absolute Gasteiger partial charge is 0.222 e. The highest BCUT2D eigenvalue weighted by Gasteiger charge is 2.17. The molecule has 0 amide bonds. The van der Waals surface area contributed by atoms with Crippen molar-refractivity contribution in [1.82, 2.24) is 9.97 Å². The number of aryl methyl sites for hydroxylation is 1. The van der Waals surface area contributed by atoms with Gasteiger partial charge in [0.05, 0.1) is 0 Å². The van der Waals surface area contributed by atoms with Crippen LogP contribution in [-0.2, 0) is 0 Å².